The first-order chi connectivity index (χ1) is 19.2. The predicted molar refractivity (Wildman–Crippen MR) is 148 cm³/mol. The van der Waals surface area contributed by atoms with Crippen LogP contribution in [0.4, 0.5) is 0 Å². The van der Waals surface area contributed by atoms with E-state index in [0.717, 1.165) is 28.8 Å². The van der Waals surface area contributed by atoms with Crippen molar-refractivity contribution in [3.8, 4) is 17.0 Å². The van der Waals surface area contributed by atoms with E-state index in [1.165, 1.54) is 9.79 Å². The summed E-state index contributed by atoms with van der Waals surface area (Å²) in [6.45, 7) is 1.08. The van der Waals surface area contributed by atoms with Crippen LogP contribution in [0.1, 0.15) is 5.56 Å². The molecule has 4 rings (SSSR count). The van der Waals surface area contributed by atoms with E-state index in [0.29, 0.717) is 6.61 Å². The molecule has 1 aliphatic heterocycles. The van der Waals surface area contributed by atoms with Crippen LogP contribution >= 0.6 is 0 Å². The average Bonchev–Trinajstić information content (AvgIpc) is 2.97. The first kappa shape index (κ1) is 30.8. The molecular weight excluding hydrogens is 558 g/mol. The molecule has 0 saturated carbocycles. The van der Waals surface area contributed by atoms with Gasteiger partial charge < -0.3 is 4.74 Å². The molecule has 1 atom stereocenters. The number of para-hydroxylation sites is 1. The van der Waals surface area contributed by atoms with Crippen LogP contribution in [-0.2, 0) is 31.9 Å². The van der Waals surface area contributed by atoms with E-state index in [4.69, 9.17) is 9.94 Å². The first-order valence-electron chi connectivity index (χ1n) is 12.3. The molecule has 1 unspecified atom stereocenters. The summed E-state index contributed by atoms with van der Waals surface area (Å²) >= 11 is 0. The Morgan fingerprint density at radius 1 is 1.05 bits per heavy atom. The van der Waals surface area contributed by atoms with Gasteiger partial charge in [0.2, 0.25) is 10.0 Å². The largest absolute Gasteiger partial charge is 0.489 e. The number of pyridine rings is 1. The van der Waals surface area contributed by atoms with Crippen LogP contribution < -0.4 is 10.2 Å². The highest BCUT2D eigenvalue weighted by atomic mass is 32.2. The van der Waals surface area contributed by atoms with Crippen molar-refractivity contribution in [1.82, 2.24) is 19.7 Å². The molecule has 2 aromatic carbocycles. The van der Waals surface area contributed by atoms with Crippen LogP contribution in [0.2, 0.25) is 0 Å². The zero-order chi connectivity index (χ0) is 29.0. The van der Waals surface area contributed by atoms with Gasteiger partial charge >= 0.3 is 10.5 Å². The number of sulfonamides is 1. The lowest BCUT2D eigenvalue weighted by molar-refractivity contribution is -0.135. The number of hydrogen-bond acceptors (Lipinski definition) is 10. The molecule has 0 radical (unpaired) electrons. The highest BCUT2D eigenvalue weighted by molar-refractivity contribution is 7.88. The molecule has 0 aliphatic carbocycles. The lowest BCUT2D eigenvalue weighted by Crippen LogP contribution is -2.56. The molecule has 0 spiro atoms. The third-order valence-corrected chi connectivity index (χ3v) is 7.65. The monoisotopic (exact) mass is 589 g/mol. The van der Waals surface area contributed by atoms with Crippen LogP contribution in [0.15, 0.2) is 83.4 Å². The molecule has 1 saturated heterocycles. The average molecular weight is 590 g/mol. The van der Waals surface area contributed by atoms with Crippen LogP contribution in [0.25, 0.3) is 11.3 Å². The zero-order valence-corrected chi connectivity index (χ0v) is 23.5. The normalized spacial score (nSPS) is 14.8. The van der Waals surface area contributed by atoms with Crippen molar-refractivity contribution in [3.05, 3.63) is 84.6 Å². The van der Waals surface area contributed by atoms with Crippen molar-refractivity contribution < 1.29 is 31.6 Å². The Bertz CT molecular complexity index is 1470. The number of benzene rings is 2. The number of carbonyl (C=O) groups is 1. The maximum atomic E-state index is 11.5. The number of hydroxylamine groups is 1. The summed E-state index contributed by atoms with van der Waals surface area (Å²) in [5.41, 5.74) is 4.66. The van der Waals surface area contributed by atoms with Gasteiger partial charge in [0.15, 0.2) is 0 Å². The van der Waals surface area contributed by atoms with Gasteiger partial charge in [0, 0.05) is 37.9 Å². The molecule has 14 heteroatoms. The summed E-state index contributed by atoms with van der Waals surface area (Å²) in [5.74, 6) is 0.0950. The lowest BCUT2D eigenvalue weighted by Gasteiger charge is -2.36. The minimum Gasteiger partial charge on any atom is -0.489 e. The summed E-state index contributed by atoms with van der Waals surface area (Å²) < 4.78 is 53.8. The Balaban J connectivity index is 0.000000220. The predicted octanol–water partition coefficient (Wildman–Crippen LogP) is 1.83. The van der Waals surface area contributed by atoms with E-state index in [9.17, 15) is 21.6 Å². The van der Waals surface area contributed by atoms with Gasteiger partial charge in [-0.3, -0.25) is 19.9 Å². The fourth-order valence-electron chi connectivity index (χ4n) is 3.93. The number of ether oxygens (including phenoxy) is 1. The van der Waals surface area contributed by atoms with Crippen molar-refractivity contribution in [2.75, 3.05) is 39.0 Å². The second kappa shape index (κ2) is 15.2. The van der Waals surface area contributed by atoms with Crippen molar-refractivity contribution in [2.45, 2.75) is 12.6 Å². The second-order valence-corrected chi connectivity index (χ2v) is 11.4. The number of nitrogens with one attached hydrogen (secondary N) is 1. The Morgan fingerprint density at radius 2 is 1.68 bits per heavy atom. The molecular formula is C26H31N5O7S2. The summed E-state index contributed by atoms with van der Waals surface area (Å²) in [6.07, 6.45) is 2.92. The van der Waals surface area contributed by atoms with Crippen molar-refractivity contribution in [1.29, 1.82) is 0 Å². The highest BCUT2D eigenvalue weighted by Crippen LogP contribution is 2.18. The third-order valence-electron chi connectivity index (χ3n) is 5.99. The number of carbonyl (C=O) groups excluding carboxylic acids is 1. The number of amides is 1. The fourth-order valence-corrected chi connectivity index (χ4v) is 5.02. The Hall–Kier alpha value is -3.69. The van der Waals surface area contributed by atoms with Gasteiger partial charge in [-0.15, -0.1) is 0 Å². The number of nitrogens with zero attached hydrogens (tertiary/aromatic N) is 4. The van der Waals surface area contributed by atoms with Crippen molar-refractivity contribution in [3.63, 3.8) is 0 Å². The van der Waals surface area contributed by atoms with Crippen molar-refractivity contribution in [2.24, 2.45) is 4.36 Å². The minimum absolute atomic E-state index is 0.189. The third kappa shape index (κ3) is 9.81. The summed E-state index contributed by atoms with van der Waals surface area (Å²) in [4.78, 5) is 17.5. The summed E-state index contributed by atoms with van der Waals surface area (Å²) in [5, 5.41) is 8.65. The topological polar surface area (TPSA) is 159 Å². The molecule has 1 amide bonds. The Morgan fingerprint density at radius 3 is 2.25 bits per heavy atom. The number of piperazine rings is 1. The molecule has 0 bridgehead atoms. The Labute approximate surface area is 234 Å². The van der Waals surface area contributed by atoms with Gasteiger partial charge in [-0.2, -0.15) is 17.1 Å². The Kier molecular flexibility index (Phi) is 11.7. The van der Waals surface area contributed by atoms with Gasteiger partial charge in [-0.1, -0.05) is 48.5 Å². The van der Waals surface area contributed by atoms with Crippen LogP contribution in [-0.4, -0.2) is 87.2 Å². The molecule has 40 heavy (non-hydrogen) atoms. The maximum Gasteiger partial charge on any atom is 0.311 e. The molecule has 1 aromatic heterocycles. The minimum atomic E-state index is -3.29. The van der Waals surface area contributed by atoms with Gasteiger partial charge in [0.25, 0.3) is 5.91 Å². The van der Waals surface area contributed by atoms with Gasteiger partial charge in [-0.25, -0.2) is 13.9 Å². The van der Waals surface area contributed by atoms with Gasteiger partial charge in [0.1, 0.15) is 18.4 Å². The van der Waals surface area contributed by atoms with E-state index in [1.807, 2.05) is 60.8 Å². The SMILES string of the molecule is CS(=O)(=O)N1CCN(C(CN=S(=O)=O)C(=O)NO)CC1.c1ccc(OCc2ccnc(-c3ccccc3)c2)cc1. The van der Waals surface area contributed by atoms with Gasteiger partial charge in [0.05, 0.1) is 18.5 Å². The van der Waals surface area contributed by atoms with E-state index < -0.39 is 32.5 Å². The summed E-state index contributed by atoms with van der Waals surface area (Å²) in [7, 11) is -5.94. The molecule has 3 aromatic rings. The first-order valence-corrected chi connectivity index (χ1v) is 15.1. The zero-order valence-electron chi connectivity index (χ0n) is 21.8. The molecule has 1 fully saturated rings. The lowest BCUT2D eigenvalue weighted by atomic mass is 10.1. The smallest absolute Gasteiger partial charge is 0.311 e. The van der Waals surface area contributed by atoms with E-state index in [-0.39, 0.29) is 32.7 Å². The molecule has 2 N–H and O–H groups in total. The van der Waals surface area contributed by atoms with E-state index in [2.05, 4.69) is 27.5 Å². The standard InChI is InChI=1S/C18H15NO.C8H16N4O6S2/c1-3-7-16(8-4-1)18-13-15(11-12-19-18)14-20-17-9-5-2-6-10-17;1-20(17,18)12-4-2-11(3-5-12)7(8(13)10-14)6-9-19(15)16/h1-13H,14H2;7,14H,2-6H2,1H3,(H,10,13). The summed E-state index contributed by atoms with van der Waals surface area (Å²) in [6, 6.07) is 23.1. The number of aromatic nitrogens is 1. The molecule has 214 valence electrons. The van der Waals surface area contributed by atoms with E-state index in [1.54, 1.807) is 4.90 Å². The van der Waals surface area contributed by atoms with Crippen LogP contribution in [0.3, 0.4) is 0 Å². The highest BCUT2D eigenvalue weighted by Gasteiger charge is 2.31. The van der Waals surface area contributed by atoms with Crippen LogP contribution in [0, 0.1) is 0 Å². The van der Waals surface area contributed by atoms with Crippen LogP contribution in [0.5, 0.6) is 5.75 Å². The van der Waals surface area contributed by atoms with Crippen molar-refractivity contribution >= 4 is 26.4 Å². The second-order valence-electron chi connectivity index (χ2n) is 8.74. The number of hydrogen-bond donors (Lipinski definition) is 2. The van der Waals surface area contributed by atoms with Gasteiger partial charge in [-0.05, 0) is 29.8 Å². The molecule has 1 aliphatic rings. The molecule has 12 nitrogen and oxygen atoms in total. The quantitative estimate of drug-likeness (QED) is 0.280. The maximum absolute atomic E-state index is 11.5. The number of rotatable bonds is 9. The fraction of sp³-hybridized carbons (Fsp3) is 0.308. The van der Waals surface area contributed by atoms with E-state index >= 15 is 0 Å². The molecule has 2 heterocycles.